The third-order valence-electron chi connectivity index (χ3n) is 4.53. The highest BCUT2D eigenvalue weighted by atomic mass is 127. The van der Waals surface area contributed by atoms with E-state index in [9.17, 15) is 13.2 Å². The molecule has 0 spiro atoms. The maximum atomic E-state index is 12.8. The molecule has 142 valence electrons. The van der Waals surface area contributed by atoms with Crippen molar-refractivity contribution >= 4 is 29.9 Å². The van der Waals surface area contributed by atoms with Gasteiger partial charge in [-0.3, -0.25) is 9.89 Å². The molecule has 0 radical (unpaired) electrons. The Morgan fingerprint density at radius 2 is 1.88 bits per heavy atom. The highest BCUT2D eigenvalue weighted by Crippen LogP contribution is 2.37. The molecule has 1 heterocycles. The topological polar surface area (TPSA) is 44.9 Å². The second kappa shape index (κ2) is 9.07. The first-order valence-corrected chi connectivity index (χ1v) is 8.05. The molecule has 1 saturated heterocycles. The number of hydrogen-bond acceptors (Lipinski definition) is 2. The van der Waals surface area contributed by atoms with Gasteiger partial charge in [0.05, 0.1) is 5.56 Å². The van der Waals surface area contributed by atoms with Crippen LogP contribution in [-0.4, -0.2) is 50.0 Å². The molecule has 2 rings (SSSR count). The lowest BCUT2D eigenvalue weighted by Crippen LogP contribution is -2.38. The van der Waals surface area contributed by atoms with Crippen LogP contribution in [0.3, 0.4) is 0 Å². The number of guanidine groups is 1. The molecule has 1 aliphatic heterocycles. The fourth-order valence-corrected chi connectivity index (χ4v) is 3.20. The molecule has 1 fully saturated rings. The molecular weight excluding hydrogens is 444 g/mol. The Bertz CT molecular complexity index is 572. The van der Waals surface area contributed by atoms with Gasteiger partial charge in [-0.1, -0.05) is 12.1 Å². The van der Waals surface area contributed by atoms with Crippen LogP contribution in [0.5, 0.6) is 0 Å². The Morgan fingerprint density at radius 1 is 1.28 bits per heavy atom. The predicted molar refractivity (Wildman–Crippen MR) is 105 cm³/mol. The predicted octanol–water partition coefficient (Wildman–Crippen LogP) is 3.58. The van der Waals surface area contributed by atoms with Crippen LogP contribution in [0, 0.1) is 5.92 Å². The molecule has 0 bridgehead atoms. The van der Waals surface area contributed by atoms with Crippen molar-refractivity contribution in [3.63, 3.8) is 0 Å². The molecule has 4 nitrogen and oxygen atoms in total. The van der Waals surface area contributed by atoms with E-state index < -0.39 is 11.7 Å². The zero-order valence-corrected chi connectivity index (χ0v) is 17.1. The second-order valence-electron chi connectivity index (χ2n) is 6.54. The molecule has 2 atom stereocenters. The minimum Gasteiger partial charge on any atom is -0.370 e. The summed E-state index contributed by atoms with van der Waals surface area (Å²) in [5.74, 6) is 0.702. The van der Waals surface area contributed by atoms with Crippen LogP contribution in [0.1, 0.15) is 30.0 Å². The van der Waals surface area contributed by atoms with E-state index in [0.717, 1.165) is 37.1 Å². The Hall–Kier alpha value is -1.03. The van der Waals surface area contributed by atoms with E-state index >= 15 is 0 Å². The van der Waals surface area contributed by atoms with Crippen molar-refractivity contribution in [2.45, 2.75) is 25.1 Å². The molecule has 1 aromatic rings. The Labute approximate surface area is 164 Å². The van der Waals surface area contributed by atoms with E-state index in [0.29, 0.717) is 12.5 Å². The maximum Gasteiger partial charge on any atom is 0.416 e. The fraction of sp³-hybridized carbons (Fsp3) is 0.588. The zero-order valence-electron chi connectivity index (χ0n) is 14.8. The van der Waals surface area contributed by atoms with E-state index in [4.69, 9.17) is 5.73 Å². The van der Waals surface area contributed by atoms with Gasteiger partial charge < -0.3 is 10.6 Å². The third kappa shape index (κ3) is 5.73. The minimum atomic E-state index is -4.30. The van der Waals surface area contributed by atoms with Crippen molar-refractivity contribution in [3.8, 4) is 0 Å². The van der Waals surface area contributed by atoms with Gasteiger partial charge in [0.25, 0.3) is 0 Å². The van der Waals surface area contributed by atoms with Crippen molar-refractivity contribution in [1.82, 2.24) is 9.80 Å². The fourth-order valence-electron chi connectivity index (χ4n) is 3.20. The van der Waals surface area contributed by atoms with Gasteiger partial charge in [0, 0.05) is 26.7 Å². The number of aliphatic imine (C=N–C) groups is 1. The van der Waals surface area contributed by atoms with E-state index in [1.165, 1.54) is 0 Å². The van der Waals surface area contributed by atoms with Gasteiger partial charge in [0.1, 0.15) is 0 Å². The summed E-state index contributed by atoms with van der Waals surface area (Å²) < 4.78 is 38.3. The molecule has 1 aromatic carbocycles. The molecule has 1 aliphatic rings. The quantitative estimate of drug-likeness (QED) is 0.418. The van der Waals surface area contributed by atoms with Gasteiger partial charge in [-0.05, 0) is 50.0 Å². The Morgan fingerprint density at radius 3 is 2.40 bits per heavy atom. The molecule has 0 aliphatic carbocycles. The molecular formula is C17H26F3IN4. The summed E-state index contributed by atoms with van der Waals surface area (Å²) >= 11 is 0. The SMILES string of the molecule is CN(C)C(N)=NCC1CCCN(C)C1c1ccc(C(F)(F)F)cc1.I. The van der Waals surface area contributed by atoms with Gasteiger partial charge in [0.15, 0.2) is 5.96 Å². The average Bonchev–Trinajstić information content (AvgIpc) is 2.51. The first-order chi connectivity index (χ1) is 11.2. The number of alkyl halides is 3. The molecule has 25 heavy (non-hydrogen) atoms. The Kier molecular flexibility index (Phi) is 7.98. The van der Waals surface area contributed by atoms with Gasteiger partial charge in [-0.15, -0.1) is 24.0 Å². The van der Waals surface area contributed by atoms with Crippen LogP contribution in [-0.2, 0) is 6.18 Å². The minimum absolute atomic E-state index is 0. The molecule has 0 aromatic heterocycles. The maximum absolute atomic E-state index is 12.8. The van der Waals surface area contributed by atoms with Gasteiger partial charge in [-0.25, -0.2) is 0 Å². The number of nitrogens with two attached hydrogens (primary N) is 1. The number of nitrogens with zero attached hydrogens (tertiary/aromatic N) is 3. The molecule has 8 heteroatoms. The lowest BCUT2D eigenvalue weighted by atomic mass is 9.84. The van der Waals surface area contributed by atoms with E-state index in [1.54, 1.807) is 17.0 Å². The zero-order chi connectivity index (χ0) is 17.9. The third-order valence-corrected chi connectivity index (χ3v) is 4.53. The standard InChI is InChI=1S/C17H25F3N4.HI/c1-23(2)16(21)22-11-13-5-4-10-24(3)15(13)12-6-8-14(9-7-12)17(18,19)20;/h6-9,13,15H,4-5,10-11H2,1-3H3,(H2,21,22);1H. The number of halogens is 4. The highest BCUT2D eigenvalue weighted by molar-refractivity contribution is 14.0. The van der Waals surface area contributed by atoms with Crippen molar-refractivity contribution in [1.29, 1.82) is 0 Å². The van der Waals surface area contributed by atoms with E-state index in [-0.39, 0.29) is 35.9 Å². The van der Waals surface area contributed by atoms with E-state index in [2.05, 4.69) is 9.89 Å². The van der Waals surface area contributed by atoms with Crippen LogP contribution in [0.4, 0.5) is 13.2 Å². The van der Waals surface area contributed by atoms with Crippen molar-refractivity contribution in [3.05, 3.63) is 35.4 Å². The van der Waals surface area contributed by atoms with Crippen LogP contribution in [0.25, 0.3) is 0 Å². The van der Waals surface area contributed by atoms with E-state index in [1.807, 2.05) is 21.1 Å². The number of likely N-dealkylation sites (tertiary alicyclic amines) is 1. The van der Waals surface area contributed by atoms with Crippen molar-refractivity contribution < 1.29 is 13.2 Å². The van der Waals surface area contributed by atoms with Gasteiger partial charge >= 0.3 is 6.18 Å². The van der Waals surface area contributed by atoms with Gasteiger partial charge in [-0.2, -0.15) is 13.2 Å². The summed E-state index contributed by atoms with van der Waals surface area (Å²) in [6, 6.07) is 5.54. The van der Waals surface area contributed by atoms with Crippen LogP contribution in [0.2, 0.25) is 0 Å². The van der Waals surface area contributed by atoms with Crippen LogP contribution < -0.4 is 5.73 Å². The highest BCUT2D eigenvalue weighted by Gasteiger charge is 2.33. The number of rotatable bonds is 3. The largest absolute Gasteiger partial charge is 0.416 e. The van der Waals surface area contributed by atoms with Crippen LogP contribution in [0.15, 0.2) is 29.3 Å². The number of piperidine rings is 1. The average molecular weight is 470 g/mol. The van der Waals surface area contributed by atoms with Crippen molar-refractivity contribution in [2.24, 2.45) is 16.6 Å². The molecule has 2 unspecified atom stereocenters. The molecule has 0 saturated carbocycles. The molecule has 2 N–H and O–H groups in total. The van der Waals surface area contributed by atoms with Gasteiger partial charge in [0.2, 0.25) is 0 Å². The first-order valence-electron chi connectivity index (χ1n) is 8.05. The Balaban J connectivity index is 0.00000312. The summed E-state index contributed by atoms with van der Waals surface area (Å²) in [6.07, 6.45) is -2.27. The van der Waals surface area contributed by atoms with Crippen LogP contribution >= 0.6 is 24.0 Å². The first kappa shape index (κ1) is 22.0. The monoisotopic (exact) mass is 470 g/mol. The second-order valence-corrected chi connectivity index (χ2v) is 6.54. The molecule has 0 amide bonds. The lowest BCUT2D eigenvalue weighted by Gasteiger charge is -2.39. The summed E-state index contributed by atoms with van der Waals surface area (Å²) in [6.45, 7) is 1.50. The summed E-state index contributed by atoms with van der Waals surface area (Å²) in [5, 5.41) is 0. The number of hydrogen-bond donors (Lipinski definition) is 1. The van der Waals surface area contributed by atoms with Crippen molar-refractivity contribution in [2.75, 3.05) is 34.2 Å². The lowest BCUT2D eigenvalue weighted by molar-refractivity contribution is -0.137. The summed E-state index contributed by atoms with van der Waals surface area (Å²) in [4.78, 5) is 8.37. The smallest absolute Gasteiger partial charge is 0.370 e. The number of benzene rings is 1. The normalized spacial score (nSPS) is 22.4. The summed E-state index contributed by atoms with van der Waals surface area (Å²) in [7, 11) is 5.67. The summed E-state index contributed by atoms with van der Waals surface area (Å²) in [5.41, 5.74) is 6.14.